The van der Waals surface area contributed by atoms with Gasteiger partial charge in [-0.15, -0.1) is 0 Å². The minimum atomic E-state index is -1.12. The Morgan fingerprint density at radius 2 is 1.86 bits per heavy atom. The molecule has 0 radical (unpaired) electrons. The maximum absolute atomic E-state index is 13.9. The number of amides is 3. The van der Waals surface area contributed by atoms with Crippen molar-refractivity contribution in [2.45, 2.75) is 38.8 Å². The molecule has 0 fully saturated rings. The summed E-state index contributed by atoms with van der Waals surface area (Å²) in [5, 5.41) is 2.92. The van der Waals surface area contributed by atoms with Crippen molar-refractivity contribution in [3.8, 4) is 11.5 Å². The van der Waals surface area contributed by atoms with E-state index in [0.717, 1.165) is 17.1 Å². The quantitative estimate of drug-likeness (QED) is 0.361. The first-order valence-electron chi connectivity index (χ1n) is 11.4. The van der Waals surface area contributed by atoms with Crippen LogP contribution >= 0.6 is 11.5 Å². The smallest absolute Gasteiger partial charge is 0.270 e. The number of anilines is 1. The number of carbonyl (C=O) groups is 3. The highest BCUT2D eigenvalue weighted by molar-refractivity contribution is 7.09. The molecule has 0 spiro atoms. The number of nitrogens with two attached hydrogens (primary N) is 2. The number of nitrogens with zero attached hydrogens (tertiary/aromatic N) is 2. The zero-order chi connectivity index (χ0) is 27.3. The summed E-state index contributed by atoms with van der Waals surface area (Å²) in [6.45, 7) is 5.60. The fourth-order valence-corrected chi connectivity index (χ4v) is 4.46. The number of hydrogen-bond donors (Lipinski definition) is 3. The lowest BCUT2D eigenvalue weighted by molar-refractivity contribution is -0.128. The van der Waals surface area contributed by atoms with Crippen molar-refractivity contribution in [2.24, 2.45) is 5.73 Å². The van der Waals surface area contributed by atoms with Crippen molar-refractivity contribution >= 4 is 34.9 Å². The van der Waals surface area contributed by atoms with Gasteiger partial charge in [0.05, 0.1) is 26.2 Å². The largest absolute Gasteiger partial charge is 0.493 e. The lowest BCUT2D eigenvalue weighted by atomic mass is 10.0. The van der Waals surface area contributed by atoms with Gasteiger partial charge in [-0.2, -0.15) is 4.37 Å². The molecule has 0 aliphatic rings. The summed E-state index contributed by atoms with van der Waals surface area (Å²) in [5.41, 5.74) is 11.3. The van der Waals surface area contributed by atoms with Gasteiger partial charge in [0.2, 0.25) is 0 Å². The molecule has 2 aromatic heterocycles. The minimum Gasteiger partial charge on any atom is -0.493 e. The Hall–Kier alpha value is -4.06. The standard InChI is InChI=1S/C25H31N5O6S/c1-25(2,3)28-23(32)20(16-7-6-12-36-16)30(24(33)21-18(26)19(22(27)31)29-37-21)11-10-14-8-9-15(34-4)17(13-14)35-5/h6-9,12-13,20H,10-11,26H2,1-5H3,(H2,27,31)(H,28,32). The molecule has 3 rings (SSSR count). The maximum atomic E-state index is 13.9. The Bertz CT molecular complexity index is 1270. The Morgan fingerprint density at radius 3 is 2.41 bits per heavy atom. The van der Waals surface area contributed by atoms with Crippen LogP contribution < -0.4 is 26.3 Å². The summed E-state index contributed by atoms with van der Waals surface area (Å²) in [6, 6.07) is 7.53. The summed E-state index contributed by atoms with van der Waals surface area (Å²) in [7, 11) is 3.07. The predicted molar refractivity (Wildman–Crippen MR) is 139 cm³/mol. The van der Waals surface area contributed by atoms with E-state index in [-0.39, 0.29) is 28.6 Å². The molecule has 1 aromatic carbocycles. The summed E-state index contributed by atoms with van der Waals surface area (Å²) in [4.78, 5) is 40.4. The molecule has 0 aliphatic heterocycles. The van der Waals surface area contributed by atoms with Crippen LogP contribution in [0.5, 0.6) is 11.5 Å². The third-order valence-corrected chi connectivity index (χ3v) is 6.23. The third-order valence-electron chi connectivity index (χ3n) is 5.38. The number of ether oxygens (including phenoxy) is 2. The molecule has 1 unspecified atom stereocenters. The SMILES string of the molecule is COc1ccc(CCN(C(=O)c2snc(C(N)=O)c2N)C(C(=O)NC(C)(C)C)c2ccco2)cc1OC. The van der Waals surface area contributed by atoms with Gasteiger partial charge in [0.25, 0.3) is 17.7 Å². The number of benzene rings is 1. The second-order valence-electron chi connectivity index (χ2n) is 9.23. The minimum absolute atomic E-state index is 0.00114. The van der Waals surface area contributed by atoms with E-state index >= 15 is 0 Å². The highest BCUT2D eigenvalue weighted by Gasteiger charge is 2.37. The van der Waals surface area contributed by atoms with E-state index in [1.165, 1.54) is 18.3 Å². The third kappa shape index (κ3) is 6.39. The fourth-order valence-electron chi connectivity index (χ4n) is 3.70. The Labute approximate surface area is 218 Å². The molecular formula is C25H31N5O6S. The molecule has 2 heterocycles. The number of methoxy groups -OCH3 is 2. The number of furan rings is 1. The van der Waals surface area contributed by atoms with Gasteiger partial charge in [-0.05, 0) is 68.6 Å². The van der Waals surface area contributed by atoms with Crippen molar-refractivity contribution in [1.82, 2.24) is 14.6 Å². The van der Waals surface area contributed by atoms with Gasteiger partial charge in [-0.25, -0.2) is 0 Å². The molecule has 12 heteroatoms. The van der Waals surface area contributed by atoms with Gasteiger partial charge in [-0.1, -0.05) is 6.07 Å². The summed E-state index contributed by atoms with van der Waals surface area (Å²) < 4.78 is 20.2. The molecule has 198 valence electrons. The van der Waals surface area contributed by atoms with E-state index in [1.54, 1.807) is 31.4 Å². The number of nitrogen functional groups attached to an aromatic ring is 1. The molecule has 0 bridgehead atoms. The molecule has 3 aromatic rings. The normalized spacial score (nSPS) is 12.0. The molecule has 3 amide bonds. The lowest BCUT2D eigenvalue weighted by Crippen LogP contribution is -2.49. The van der Waals surface area contributed by atoms with Crippen LogP contribution in [0.3, 0.4) is 0 Å². The highest BCUT2D eigenvalue weighted by atomic mass is 32.1. The van der Waals surface area contributed by atoms with Gasteiger partial charge in [0, 0.05) is 12.1 Å². The van der Waals surface area contributed by atoms with Crippen molar-refractivity contribution in [1.29, 1.82) is 0 Å². The van der Waals surface area contributed by atoms with E-state index in [9.17, 15) is 14.4 Å². The summed E-state index contributed by atoms with van der Waals surface area (Å²) >= 11 is 0.747. The average Bonchev–Trinajstić information content (AvgIpc) is 3.49. The van der Waals surface area contributed by atoms with Crippen molar-refractivity contribution < 1.29 is 28.3 Å². The Morgan fingerprint density at radius 1 is 1.16 bits per heavy atom. The predicted octanol–water partition coefficient (Wildman–Crippen LogP) is 2.78. The average molecular weight is 530 g/mol. The van der Waals surface area contributed by atoms with Crippen molar-refractivity contribution in [3.63, 3.8) is 0 Å². The molecule has 11 nitrogen and oxygen atoms in total. The van der Waals surface area contributed by atoms with Gasteiger partial charge in [0.15, 0.2) is 23.2 Å². The van der Waals surface area contributed by atoms with Gasteiger partial charge in [0.1, 0.15) is 10.6 Å². The monoisotopic (exact) mass is 529 g/mol. The first-order chi connectivity index (χ1) is 17.5. The van der Waals surface area contributed by atoms with Crippen LogP contribution in [0, 0.1) is 0 Å². The molecule has 1 atom stereocenters. The number of carbonyl (C=O) groups excluding carboxylic acids is 3. The molecular weight excluding hydrogens is 498 g/mol. The van der Waals surface area contributed by atoms with Gasteiger partial charge < -0.3 is 35.6 Å². The van der Waals surface area contributed by atoms with Crippen LogP contribution in [0.1, 0.15) is 58.3 Å². The first kappa shape index (κ1) is 27.5. The van der Waals surface area contributed by atoms with Gasteiger partial charge >= 0.3 is 0 Å². The van der Waals surface area contributed by atoms with Crippen LogP contribution in [-0.4, -0.2) is 53.3 Å². The molecule has 5 N–H and O–H groups in total. The van der Waals surface area contributed by atoms with Crippen LogP contribution in [0.2, 0.25) is 0 Å². The number of aromatic nitrogens is 1. The van der Waals surface area contributed by atoms with E-state index < -0.39 is 29.3 Å². The van der Waals surface area contributed by atoms with Crippen molar-refractivity contribution in [2.75, 3.05) is 26.5 Å². The molecule has 0 saturated carbocycles. The fraction of sp³-hybridized carbons (Fsp3) is 0.360. The second-order valence-corrected chi connectivity index (χ2v) is 10.0. The number of primary amides is 1. The highest BCUT2D eigenvalue weighted by Crippen LogP contribution is 2.31. The lowest BCUT2D eigenvalue weighted by Gasteiger charge is -2.32. The van der Waals surface area contributed by atoms with Crippen LogP contribution in [0.15, 0.2) is 41.0 Å². The number of nitrogens with one attached hydrogen (secondary N) is 1. The van der Waals surface area contributed by atoms with Crippen LogP contribution in [0.4, 0.5) is 5.69 Å². The topological polar surface area (TPSA) is 163 Å². The van der Waals surface area contributed by atoms with Crippen molar-refractivity contribution in [3.05, 3.63) is 58.5 Å². The van der Waals surface area contributed by atoms with Crippen LogP contribution in [-0.2, 0) is 11.2 Å². The molecule has 0 aliphatic carbocycles. The van der Waals surface area contributed by atoms with Crippen LogP contribution in [0.25, 0.3) is 0 Å². The maximum Gasteiger partial charge on any atom is 0.270 e. The van der Waals surface area contributed by atoms with E-state index in [1.807, 2.05) is 26.8 Å². The zero-order valence-corrected chi connectivity index (χ0v) is 22.2. The van der Waals surface area contributed by atoms with Gasteiger partial charge in [-0.3, -0.25) is 14.4 Å². The Kier molecular flexibility index (Phi) is 8.43. The first-order valence-corrected chi connectivity index (χ1v) is 12.2. The second kappa shape index (κ2) is 11.3. The number of hydrogen-bond acceptors (Lipinski definition) is 9. The van der Waals surface area contributed by atoms with E-state index in [0.29, 0.717) is 17.9 Å². The Balaban J connectivity index is 2.05. The van der Waals surface area contributed by atoms with E-state index in [2.05, 4.69) is 9.69 Å². The zero-order valence-electron chi connectivity index (χ0n) is 21.4. The summed E-state index contributed by atoms with van der Waals surface area (Å²) in [5.74, 6) is -0.523. The number of rotatable bonds is 10. The molecule has 37 heavy (non-hydrogen) atoms. The van der Waals surface area contributed by atoms with E-state index in [4.69, 9.17) is 25.4 Å². The molecule has 0 saturated heterocycles. The summed E-state index contributed by atoms with van der Waals surface area (Å²) in [6.07, 6.45) is 1.78.